The lowest BCUT2D eigenvalue weighted by Gasteiger charge is -2.08. The molecule has 0 saturated carbocycles. The van der Waals surface area contributed by atoms with E-state index in [1.807, 2.05) is 48.5 Å². The number of nitrogens with zero attached hydrogens (tertiary/aromatic N) is 1. The van der Waals surface area contributed by atoms with E-state index in [9.17, 15) is 4.79 Å². The molecule has 0 amide bonds. The summed E-state index contributed by atoms with van der Waals surface area (Å²) in [5.74, 6) is 0.196. The molecule has 2 aromatic rings. The van der Waals surface area contributed by atoms with Crippen molar-refractivity contribution in [2.75, 3.05) is 20.6 Å². The largest absolute Gasteiger partial charge is 0.309 e. The molecule has 0 aliphatic rings. The average molecular weight is 388 g/mol. The number of hydrogen-bond acceptors (Lipinski definition) is 3. The summed E-state index contributed by atoms with van der Waals surface area (Å²) in [5.41, 5.74) is 1.06. The topological polar surface area (TPSA) is 20.3 Å². The lowest BCUT2D eigenvalue weighted by molar-refractivity contribution is -0.114. The third-order valence-corrected chi connectivity index (χ3v) is 5.29. The highest BCUT2D eigenvalue weighted by Crippen LogP contribution is 2.31. The van der Waals surface area contributed by atoms with Crippen LogP contribution in [0.25, 0.3) is 6.08 Å². The van der Waals surface area contributed by atoms with Gasteiger partial charge in [-0.15, -0.1) is 0 Å². The van der Waals surface area contributed by atoms with Crippen LogP contribution in [-0.2, 0) is 4.79 Å². The van der Waals surface area contributed by atoms with E-state index in [0.717, 1.165) is 46.2 Å². The van der Waals surface area contributed by atoms with Crippen LogP contribution in [0, 0.1) is 0 Å². The molecule has 0 spiro atoms. The Bertz CT molecular complexity index is 725. The van der Waals surface area contributed by atoms with Crippen LogP contribution in [0.5, 0.6) is 0 Å². The Kier molecular flexibility index (Phi) is 8.96. The number of rotatable bonds is 10. The summed E-state index contributed by atoms with van der Waals surface area (Å²) in [4.78, 5) is 16.5. The van der Waals surface area contributed by atoms with Crippen LogP contribution in [-0.4, -0.2) is 31.3 Å². The van der Waals surface area contributed by atoms with Gasteiger partial charge in [-0.2, -0.15) is 0 Å². The van der Waals surface area contributed by atoms with Crippen molar-refractivity contribution in [3.05, 3.63) is 65.2 Å². The van der Waals surface area contributed by atoms with Crippen LogP contribution in [0.4, 0.5) is 0 Å². The molecule has 0 radical (unpaired) electrons. The van der Waals surface area contributed by atoms with Gasteiger partial charge in [0.25, 0.3) is 0 Å². The second-order valence-corrected chi connectivity index (χ2v) is 8.06. The van der Waals surface area contributed by atoms with E-state index in [2.05, 4.69) is 25.1 Å². The third kappa shape index (κ3) is 7.77. The van der Waals surface area contributed by atoms with E-state index < -0.39 is 0 Å². The monoisotopic (exact) mass is 387 g/mol. The van der Waals surface area contributed by atoms with Crippen LogP contribution >= 0.6 is 23.4 Å². The summed E-state index contributed by atoms with van der Waals surface area (Å²) in [6.45, 7) is 1.08. The Morgan fingerprint density at radius 1 is 1.04 bits per heavy atom. The van der Waals surface area contributed by atoms with Gasteiger partial charge < -0.3 is 4.90 Å². The SMILES string of the molecule is CN(C)CCCCCC(=O)/C=C\c1ccccc1Sc1ccc(Cl)cc1. The van der Waals surface area contributed by atoms with E-state index in [-0.39, 0.29) is 5.78 Å². The molecule has 0 aromatic heterocycles. The Balaban J connectivity index is 1.89. The van der Waals surface area contributed by atoms with Crippen molar-refractivity contribution >= 4 is 35.2 Å². The van der Waals surface area contributed by atoms with Gasteiger partial charge in [0.1, 0.15) is 0 Å². The maximum absolute atomic E-state index is 12.1. The molecule has 0 heterocycles. The average Bonchev–Trinajstić information content (AvgIpc) is 2.62. The minimum Gasteiger partial charge on any atom is -0.309 e. The molecule has 138 valence electrons. The predicted octanol–water partition coefficient (Wildman–Crippen LogP) is 6.20. The highest BCUT2D eigenvalue weighted by atomic mass is 35.5. The maximum atomic E-state index is 12.1. The van der Waals surface area contributed by atoms with Crippen molar-refractivity contribution in [1.82, 2.24) is 4.90 Å². The first-order valence-electron chi connectivity index (χ1n) is 8.92. The third-order valence-electron chi connectivity index (χ3n) is 3.94. The molecule has 0 bridgehead atoms. The summed E-state index contributed by atoms with van der Waals surface area (Å²) in [5, 5.41) is 0.735. The molecule has 0 saturated heterocycles. The second kappa shape index (κ2) is 11.2. The highest BCUT2D eigenvalue weighted by molar-refractivity contribution is 7.99. The predicted molar refractivity (Wildman–Crippen MR) is 113 cm³/mol. The number of carbonyl (C=O) groups is 1. The molecule has 2 aromatic carbocycles. The van der Waals surface area contributed by atoms with Crippen LogP contribution in [0.15, 0.2) is 64.4 Å². The first-order valence-corrected chi connectivity index (χ1v) is 10.1. The molecule has 26 heavy (non-hydrogen) atoms. The lowest BCUT2D eigenvalue weighted by Crippen LogP contribution is -2.12. The smallest absolute Gasteiger partial charge is 0.155 e. The van der Waals surface area contributed by atoms with Gasteiger partial charge in [-0.25, -0.2) is 0 Å². The van der Waals surface area contributed by atoms with Gasteiger partial charge in [-0.1, -0.05) is 54.1 Å². The van der Waals surface area contributed by atoms with E-state index >= 15 is 0 Å². The summed E-state index contributed by atoms with van der Waals surface area (Å²) < 4.78 is 0. The van der Waals surface area contributed by atoms with Crippen molar-refractivity contribution in [3.63, 3.8) is 0 Å². The van der Waals surface area contributed by atoms with Crippen LogP contribution in [0.3, 0.4) is 0 Å². The van der Waals surface area contributed by atoms with Crippen LogP contribution < -0.4 is 0 Å². The molecular formula is C22H26ClNOS. The fraction of sp³-hybridized carbons (Fsp3) is 0.318. The van der Waals surface area contributed by atoms with Crippen molar-refractivity contribution < 1.29 is 4.79 Å². The number of allylic oxidation sites excluding steroid dienone is 1. The number of hydrogen-bond donors (Lipinski definition) is 0. The van der Waals surface area contributed by atoms with Crippen molar-refractivity contribution in [1.29, 1.82) is 0 Å². The number of carbonyl (C=O) groups excluding carboxylic acids is 1. The van der Waals surface area contributed by atoms with E-state index in [0.29, 0.717) is 6.42 Å². The summed E-state index contributed by atoms with van der Waals surface area (Å²) in [7, 11) is 4.15. The van der Waals surface area contributed by atoms with Gasteiger partial charge >= 0.3 is 0 Å². The van der Waals surface area contributed by atoms with Crippen LogP contribution in [0.1, 0.15) is 31.2 Å². The molecule has 4 heteroatoms. The quantitative estimate of drug-likeness (QED) is 0.357. The van der Waals surface area contributed by atoms with Gasteiger partial charge in [0.05, 0.1) is 0 Å². The normalized spacial score (nSPS) is 11.4. The first kappa shape index (κ1) is 20.8. The van der Waals surface area contributed by atoms with Gasteiger partial charge in [0.2, 0.25) is 0 Å². The Labute approximate surface area is 166 Å². The van der Waals surface area contributed by atoms with Crippen molar-refractivity contribution in [2.45, 2.75) is 35.5 Å². The van der Waals surface area contributed by atoms with Crippen molar-refractivity contribution in [2.24, 2.45) is 0 Å². The fourth-order valence-electron chi connectivity index (χ4n) is 2.51. The lowest BCUT2D eigenvalue weighted by atomic mass is 10.1. The molecule has 0 N–H and O–H groups in total. The molecule has 0 fully saturated rings. The number of benzene rings is 2. The highest BCUT2D eigenvalue weighted by Gasteiger charge is 2.03. The first-order chi connectivity index (χ1) is 12.5. The fourth-order valence-corrected chi connectivity index (χ4v) is 3.56. The molecule has 0 unspecified atom stereocenters. The maximum Gasteiger partial charge on any atom is 0.155 e. The number of ketones is 1. The Morgan fingerprint density at radius 3 is 2.50 bits per heavy atom. The Morgan fingerprint density at radius 2 is 1.77 bits per heavy atom. The van der Waals surface area contributed by atoms with E-state index in [4.69, 9.17) is 11.6 Å². The Hall–Kier alpha value is -1.55. The number of unbranched alkanes of at least 4 members (excludes halogenated alkanes) is 2. The van der Waals surface area contributed by atoms with Gasteiger partial charge in [-0.05, 0) is 75.5 Å². The molecule has 0 atom stereocenters. The van der Waals surface area contributed by atoms with E-state index in [1.165, 1.54) is 0 Å². The summed E-state index contributed by atoms with van der Waals surface area (Å²) >= 11 is 7.62. The standard InChI is InChI=1S/C22H26ClNOS/c1-24(2)17-7-3-4-9-20(25)14-11-18-8-5-6-10-22(18)26-21-15-12-19(23)13-16-21/h5-6,8,10-16H,3-4,7,9,17H2,1-2H3/b14-11-. The van der Waals surface area contributed by atoms with Crippen LogP contribution in [0.2, 0.25) is 5.02 Å². The van der Waals surface area contributed by atoms with Crippen molar-refractivity contribution in [3.8, 4) is 0 Å². The zero-order chi connectivity index (χ0) is 18.8. The number of halogens is 1. The van der Waals surface area contributed by atoms with Gasteiger partial charge in [0, 0.05) is 21.2 Å². The minimum absolute atomic E-state index is 0.196. The molecular weight excluding hydrogens is 362 g/mol. The van der Waals surface area contributed by atoms with Gasteiger partial charge in [-0.3, -0.25) is 4.79 Å². The molecule has 2 rings (SSSR count). The zero-order valence-electron chi connectivity index (χ0n) is 15.5. The summed E-state index contributed by atoms with van der Waals surface area (Å²) in [6, 6.07) is 15.9. The van der Waals surface area contributed by atoms with Gasteiger partial charge in [0.15, 0.2) is 5.78 Å². The minimum atomic E-state index is 0.196. The second-order valence-electron chi connectivity index (χ2n) is 6.51. The molecule has 0 aliphatic heterocycles. The zero-order valence-corrected chi connectivity index (χ0v) is 17.0. The molecule has 0 aliphatic carbocycles. The summed E-state index contributed by atoms with van der Waals surface area (Å²) in [6.07, 6.45) is 7.47. The molecule has 2 nitrogen and oxygen atoms in total. The van der Waals surface area contributed by atoms with E-state index in [1.54, 1.807) is 17.8 Å².